The van der Waals surface area contributed by atoms with E-state index in [1.165, 1.54) is 23.3 Å². The van der Waals surface area contributed by atoms with E-state index in [1.807, 2.05) is 0 Å². The molecule has 4 rings (SSSR count). The number of hydrogen-bond acceptors (Lipinski definition) is 6. The fourth-order valence-electron chi connectivity index (χ4n) is 3.96. The van der Waals surface area contributed by atoms with E-state index >= 15 is 0 Å². The van der Waals surface area contributed by atoms with Crippen molar-refractivity contribution in [1.82, 2.24) is 0 Å². The van der Waals surface area contributed by atoms with Crippen molar-refractivity contribution < 1.29 is 19.1 Å². The van der Waals surface area contributed by atoms with Gasteiger partial charge in [0, 0.05) is 36.7 Å². The summed E-state index contributed by atoms with van der Waals surface area (Å²) in [6.45, 7) is 0. The average Bonchev–Trinajstić information content (AvgIpc) is 2.93. The second-order valence-corrected chi connectivity index (χ2v) is 8.63. The fraction of sp³-hybridized carbons (Fsp3) is 0.455. The smallest absolute Gasteiger partial charge is 0.261 e. The molecular formula is C22H25N3O4S. The summed E-state index contributed by atoms with van der Waals surface area (Å²) in [7, 11) is 3.11. The maximum atomic E-state index is 12.7. The Morgan fingerprint density at radius 2 is 1.83 bits per heavy atom. The van der Waals surface area contributed by atoms with E-state index in [0.717, 1.165) is 24.3 Å². The van der Waals surface area contributed by atoms with Gasteiger partial charge in [-0.1, -0.05) is 18.2 Å². The van der Waals surface area contributed by atoms with Crippen molar-refractivity contribution in [2.75, 3.05) is 19.5 Å². The molecule has 0 saturated heterocycles. The molecule has 30 heavy (non-hydrogen) atoms. The van der Waals surface area contributed by atoms with Crippen molar-refractivity contribution >= 4 is 40.1 Å². The summed E-state index contributed by atoms with van der Waals surface area (Å²) >= 11 is 1.64. The molecule has 0 radical (unpaired) electrons. The first-order valence-electron chi connectivity index (χ1n) is 10.2. The Labute approximate surface area is 180 Å². The molecular weight excluding hydrogens is 402 g/mol. The lowest BCUT2D eigenvalue weighted by Gasteiger charge is -2.16. The zero-order valence-corrected chi connectivity index (χ0v) is 18.0. The molecule has 1 aromatic carbocycles. The van der Waals surface area contributed by atoms with Crippen LogP contribution >= 0.6 is 11.8 Å². The summed E-state index contributed by atoms with van der Waals surface area (Å²) in [6.07, 6.45) is 6.01. The lowest BCUT2D eigenvalue weighted by atomic mass is 9.94. The van der Waals surface area contributed by atoms with Gasteiger partial charge < -0.3 is 14.8 Å². The number of amides is 2. The summed E-state index contributed by atoms with van der Waals surface area (Å²) in [5.74, 6) is 1.03. The Kier molecular flexibility index (Phi) is 6.22. The number of thioether (sulfide) groups is 1. The lowest BCUT2D eigenvalue weighted by molar-refractivity contribution is -0.119. The third kappa shape index (κ3) is 4.43. The molecule has 1 unspecified atom stereocenters. The molecule has 0 bridgehead atoms. The van der Waals surface area contributed by atoms with Crippen LogP contribution in [0.3, 0.4) is 0 Å². The number of ether oxygens (including phenoxy) is 2. The zero-order valence-electron chi connectivity index (χ0n) is 17.2. The van der Waals surface area contributed by atoms with Crippen molar-refractivity contribution in [1.29, 1.82) is 0 Å². The Morgan fingerprint density at radius 3 is 2.57 bits per heavy atom. The van der Waals surface area contributed by atoms with Crippen LogP contribution in [0.2, 0.25) is 0 Å². The molecule has 2 aliphatic heterocycles. The number of fused-ring (bicyclic) bond motifs is 2. The number of rotatable bonds is 6. The summed E-state index contributed by atoms with van der Waals surface area (Å²) in [6, 6.07) is 5.18. The van der Waals surface area contributed by atoms with Crippen LogP contribution in [0.25, 0.3) is 0 Å². The molecule has 0 spiro atoms. The monoisotopic (exact) mass is 427 g/mol. The molecule has 2 amide bonds. The number of allylic oxidation sites excluding steroid dienone is 1. The molecule has 1 aromatic rings. The van der Waals surface area contributed by atoms with Gasteiger partial charge in [-0.05, 0) is 36.2 Å². The van der Waals surface area contributed by atoms with Gasteiger partial charge in [-0.3, -0.25) is 9.59 Å². The number of hydrogen-bond donors (Lipinski definition) is 1. The number of carbonyl (C=O) groups excluding carboxylic acids is 2. The highest BCUT2D eigenvalue weighted by atomic mass is 32.2. The van der Waals surface area contributed by atoms with Crippen molar-refractivity contribution in [2.45, 2.75) is 44.9 Å². The van der Waals surface area contributed by atoms with E-state index in [1.54, 1.807) is 44.2 Å². The van der Waals surface area contributed by atoms with Gasteiger partial charge in [0.15, 0.2) is 0 Å². The van der Waals surface area contributed by atoms with Gasteiger partial charge in [-0.25, -0.2) is 4.99 Å². The quantitative estimate of drug-likeness (QED) is 0.729. The fourth-order valence-corrected chi connectivity index (χ4v) is 5.32. The highest BCUT2D eigenvalue weighted by Crippen LogP contribution is 2.46. The van der Waals surface area contributed by atoms with Crippen molar-refractivity contribution in [3.05, 3.63) is 28.7 Å². The Bertz CT molecular complexity index is 945. The van der Waals surface area contributed by atoms with E-state index in [0.29, 0.717) is 29.4 Å². The predicted octanol–water partition coefficient (Wildman–Crippen LogP) is 4.34. The van der Waals surface area contributed by atoms with Crippen LogP contribution in [0.15, 0.2) is 38.7 Å². The predicted molar refractivity (Wildman–Crippen MR) is 118 cm³/mol. The topological polar surface area (TPSA) is 89.3 Å². The molecule has 0 saturated carbocycles. The SMILES string of the molecule is COc1cc(NC(=O)CCC2=NC(=O)C3C(=N2)SC2=C3CCCCC2)cc(OC)c1. The minimum atomic E-state index is -0.273. The molecule has 2 heterocycles. The van der Waals surface area contributed by atoms with Gasteiger partial charge in [-0.2, -0.15) is 4.99 Å². The second kappa shape index (κ2) is 9.04. The normalized spacial score (nSPS) is 20.6. The molecule has 0 aromatic heterocycles. The highest BCUT2D eigenvalue weighted by molar-refractivity contribution is 8.17. The molecule has 8 heteroatoms. The first-order valence-corrected chi connectivity index (χ1v) is 11.0. The number of amidine groups is 1. The van der Waals surface area contributed by atoms with Crippen molar-refractivity contribution in [3.8, 4) is 11.5 Å². The number of aliphatic imine (C=N–C) groups is 2. The molecule has 1 aliphatic carbocycles. The van der Waals surface area contributed by atoms with E-state index in [4.69, 9.17) is 9.47 Å². The number of carbonyl (C=O) groups is 2. The molecule has 7 nitrogen and oxygen atoms in total. The largest absolute Gasteiger partial charge is 0.497 e. The molecule has 1 atom stereocenters. The van der Waals surface area contributed by atoms with Gasteiger partial charge in [-0.15, -0.1) is 0 Å². The van der Waals surface area contributed by atoms with Crippen LogP contribution in [-0.4, -0.2) is 36.9 Å². The number of methoxy groups -OCH3 is 2. The van der Waals surface area contributed by atoms with Gasteiger partial charge >= 0.3 is 0 Å². The van der Waals surface area contributed by atoms with Crippen LogP contribution in [0, 0.1) is 5.92 Å². The van der Waals surface area contributed by atoms with E-state index < -0.39 is 0 Å². The van der Waals surface area contributed by atoms with Gasteiger partial charge in [0.2, 0.25) is 5.91 Å². The second-order valence-electron chi connectivity index (χ2n) is 7.51. The summed E-state index contributed by atoms with van der Waals surface area (Å²) in [5, 5.41) is 3.68. The first-order chi connectivity index (χ1) is 14.6. The average molecular weight is 428 g/mol. The van der Waals surface area contributed by atoms with Gasteiger partial charge in [0.05, 0.1) is 19.3 Å². The maximum Gasteiger partial charge on any atom is 0.261 e. The number of nitrogens with one attached hydrogen (secondary N) is 1. The van der Waals surface area contributed by atoms with E-state index in [2.05, 4.69) is 15.3 Å². The minimum absolute atomic E-state index is 0.132. The summed E-state index contributed by atoms with van der Waals surface area (Å²) in [5.41, 5.74) is 1.82. The summed E-state index contributed by atoms with van der Waals surface area (Å²) < 4.78 is 10.4. The first kappa shape index (κ1) is 20.7. The molecule has 3 aliphatic rings. The van der Waals surface area contributed by atoms with Crippen LogP contribution in [0.5, 0.6) is 11.5 Å². The third-order valence-electron chi connectivity index (χ3n) is 5.47. The number of benzene rings is 1. The van der Waals surface area contributed by atoms with Crippen LogP contribution in [-0.2, 0) is 9.59 Å². The van der Waals surface area contributed by atoms with Crippen LogP contribution in [0.1, 0.15) is 44.9 Å². The molecule has 0 fully saturated rings. The Balaban J connectivity index is 1.38. The summed E-state index contributed by atoms with van der Waals surface area (Å²) in [4.78, 5) is 35.2. The highest BCUT2D eigenvalue weighted by Gasteiger charge is 2.39. The van der Waals surface area contributed by atoms with Crippen molar-refractivity contribution in [3.63, 3.8) is 0 Å². The van der Waals surface area contributed by atoms with Crippen molar-refractivity contribution in [2.24, 2.45) is 15.9 Å². The minimum Gasteiger partial charge on any atom is -0.497 e. The molecule has 1 N–H and O–H groups in total. The lowest BCUT2D eigenvalue weighted by Crippen LogP contribution is -2.26. The van der Waals surface area contributed by atoms with E-state index in [-0.39, 0.29) is 24.2 Å². The maximum absolute atomic E-state index is 12.7. The molecule has 158 valence electrons. The Hall–Kier alpha value is -2.61. The number of nitrogens with zero attached hydrogens (tertiary/aromatic N) is 2. The Morgan fingerprint density at radius 1 is 1.10 bits per heavy atom. The van der Waals surface area contributed by atoms with Gasteiger partial charge in [0.1, 0.15) is 23.3 Å². The van der Waals surface area contributed by atoms with Crippen LogP contribution < -0.4 is 14.8 Å². The van der Waals surface area contributed by atoms with Gasteiger partial charge in [0.25, 0.3) is 5.91 Å². The van der Waals surface area contributed by atoms with Crippen LogP contribution in [0.4, 0.5) is 5.69 Å². The number of anilines is 1. The standard InChI is InChI=1S/C22H25N3O4S/c1-28-14-10-13(11-15(12-14)29-2)23-19(26)9-8-18-24-21(27)20-16-6-4-3-5-7-17(16)30-22(20)25-18/h10-12,20H,3-9H2,1-2H3,(H,23,26). The third-order valence-corrected chi connectivity index (χ3v) is 6.72. The van der Waals surface area contributed by atoms with E-state index in [9.17, 15) is 9.59 Å². The zero-order chi connectivity index (χ0) is 21.1.